The van der Waals surface area contributed by atoms with Crippen molar-refractivity contribution in [1.29, 1.82) is 0 Å². The lowest BCUT2D eigenvalue weighted by Gasteiger charge is -2.09. The summed E-state index contributed by atoms with van der Waals surface area (Å²) in [5.41, 5.74) is 0.876. The number of hydrogen-bond donors (Lipinski definition) is 0. The Balaban J connectivity index is 2.17. The van der Waals surface area contributed by atoms with E-state index in [-0.39, 0.29) is 5.78 Å². The van der Waals surface area contributed by atoms with Gasteiger partial charge in [-0.25, -0.2) is 0 Å². The molecule has 0 aliphatic carbocycles. The number of carbonyl (C=O) groups excluding carboxylic acids is 1. The maximum absolute atomic E-state index is 11.0. The molecule has 0 aliphatic heterocycles. The number of ketones is 1. The molecule has 2 rings (SSSR count). The summed E-state index contributed by atoms with van der Waals surface area (Å²) in [6.07, 6.45) is 0.376. The number of halogens is 2. The fourth-order valence-electron chi connectivity index (χ4n) is 1.65. The minimum Gasteiger partial charge on any atom is -0.456 e. The van der Waals surface area contributed by atoms with Crippen molar-refractivity contribution in [3.8, 4) is 11.5 Å². The molecule has 2 aromatic carbocycles. The maximum atomic E-state index is 11.0. The summed E-state index contributed by atoms with van der Waals surface area (Å²) in [5.74, 6) is 1.31. The second-order valence-electron chi connectivity index (χ2n) is 4.20. The molecule has 0 aliphatic rings. The van der Waals surface area contributed by atoms with Crippen LogP contribution in [0.5, 0.6) is 11.5 Å². The first kappa shape index (κ1) is 13.9. The first-order chi connectivity index (χ1) is 9.04. The lowest BCUT2D eigenvalue weighted by molar-refractivity contribution is -0.116. The first-order valence-electron chi connectivity index (χ1n) is 5.76. The predicted molar refractivity (Wildman–Crippen MR) is 77.4 cm³/mol. The Morgan fingerprint density at radius 1 is 1.11 bits per heavy atom. The van der Waals surface area contributed by atoms with Crippen molar-refractivity contribution in [2.24, 2.45) is 0 Å². The van der Waals surface area contributed by atoms with E-state index >= 15 is 0 Å². The Labute approximate surface area is 121 Å². The van der Waals surface area contributed by atoms with Crippen molar-refractivity contribution in [1.82, 2.24) is 0 Å². The molecule has 2 aromatic rings. The summed E-state index contributed by atoms with van der Waals surface area (Å²) in [5, 5.41) is 1.13. The van der Waals surface area contributed by atoms with Gasteiger partial charge in [-0.3, -0.25) is 4.79 Å². The van der Waals surface area contributed by atoms with E-state index in [1.165, 1.54) is 0 Å². The Hall–Kier alpha value is -1.51. The van der Waals surface area contributed by atoms with E-state index in [1.54, 1.807) is 43.3 Å². The van der Waals surface area contributed by atoms with E-state index in [0.717, 1.165) is 5.56 Å². The zero-order valence-corrected chi connectivity index (χ0v) is 11.8. The molecule has 0 saturated heterocycles. The van der Waals surface area contributed by atoms with Gasteiger partial charge in [0.05, 0.1) is 5.02 Å². The minimum absolute atomic E-state index is 0.0995. The zero-order valence-electron chi connectivity index (χ0n) is 10.3. The van der Waals surface area contributed by atoms with Crippen molar-refractivity contribution in [2.45, 2.75) is 13.3 Å². The quantitative estimate of drug-likeness (QED) is 0.800. The predicted octanol–water partition coefficient (Wildman–Crippen LogP) is 4.92. The van der Waals surface area contributed by atoms with Gasteiger partial charge in [-0.1, -0.05) is 29.3 Å². The highest BCUT2D eigenvalue weighted by Gasteiger charge is 2.06. The molecule has 0 radical (unpaired) electrons. The summed E-state index contributed by atoms with van der Waals surface area (Å²) in [6, 6.07) is 12.4. The van der Waals surface area contributed by atoms with Crippen molar-refractivity contribution in [3.63, 3.8) is 0 Å². The lowest BCUT2D eigenvalue weighted by Crippen LogP contribution is -1.96. The van der Waals surface area contributed by atoms with Crippen LogP contribution >= 0.6 is 23.2 Å². The normalized spacial score (nSPS) is 10.3. The molecule has 4 heteroatoms. The highest BCUT2D eigenvalue weighted by molar-refractivity contribution is 6.32. The van der Waals surface area contributed by atoms with Gasteiger partial charge in [0.2, 0.25) is 0 Å². The Kier molecular flexibility index (Phi) is 4.46. The number of hydrogen-bond acceptors (Lipinski definition) is 2. The highest BCUT2D eigenvalue weighted by atomic mass is 35.5. The second-order valence-corrected chi connectivity index (χ2v) is 5.04. The molecule has 0 amide bonds. The van der Waals surface area contributed by atoms with Crippen LogP contribution in [0.15, 0.2) is 42.5 Å². The highest BCUT2D eigenvalue weighted by Crippen LogP contribution is 2.30. The van der Waals surface area contributed by atoms with Crippen LogP contribution in [0.3, 0.4) is 0 Å². The van der Waals surface area contributed by atoms with Crippen molar-refractivity contribution >= 4 is 29.0 Å². The van der Waals surface area contributed by atoms with Crippen LogP contribution < -0.4 is 4.74 Å². The second kappa shape index (κ2) is 6.09. The molecule has 98 valence electrons. The maximum Gasteiger partial charge on any atom is 0.146 e. The monoisotopic (exact) mass is 294 g/mol. The third-order valence-corrected chi connectivity index (χ3v) is 3.04. The number of rotatable bonds is 4. The molecular weight excluding hydrogens is 283 g/mol. The van der Waals surface area contributed by atoms with Crippen LogP contribution in [-0.2, 0) is 11.2 Å². The molecule has 0 N–H and O–H groups in total. The van der Waals surface area contributed by atoms with Gasteiger partial charge in [0.15, 0.2) is 0 Å². The average Bonchev–Trinajstić information content (AvgIpc) is 2.34. The number of Topliss-reactive ketones (excluding diaryl/α,β-unsaturated/α-hetero) is 1. The van der Waals surface area contributed by atoms with Gasteiger partial charge in [-0.15, -0.1) is 0 Å². The SMILES string of the molecule is CC(=O)Cc1ccc(Oc2ccc(Cl)cc2)c(Cl)c1. The van der Waals surface area contributed by atoms with Crippen LogP contribution in [0.4, 0.5) is 0 Å². The first-order valence-corrected chi connectivity index (χ1v) is 6.51. The number of carbonyl (C=O) groups is 1. The van der Waals surface area contributed by atoms with Crippen LogP contribution in [0, 0.1) is 0 Å². The Bertz CT molecular complexity index is 592. The fourth-order valence-corrected chi connectivity index (χ4v) is 2.02. The topological polar surface area (TPSA) is 26.3 Å². The van der Waals surface area contributed by atoms with E-state index in [0.29, 0.717) is 28.0 Å². The molecule has 0 spiro atoms. The van der Waals surface area contributed by atoms with Gasteiger partial charge in [0.25, 0.3) is 0 Å². The lowest BCUT2D eigenvalue weighted by atomic mass is 10.1. The van der Waals surface area contributed by atoms with Gasteiger partial charge >= 0.3 is 0 Å². The molecule has 2 nitrogen and oxygen atoms in total. The van der Waals surface area contributed by atoms with Gasteiger partial charge in [0.1, 0.15) is 17.3 Å². The van der Waals surface area contributed by atoms with Crippen molar-refractivity contribution < 1.29 is 9.53 Å². The van der Waals surface area contributed by atoms with Gasteiger partial charge in [-0.2, -0.15) is 0 Å². The standard InChI is InChI=1S/C15H12Cl2O2/c1-10(18)8-11-2-7-15(14(17)9-11)19-13-5-3-12(16)4-6-13/h2-7,9H,8H2,1H3. The summed E-state index contributed by atoms with van der Waals surface area (Å²) >= 11 is 11.9. The fraction of sp³-hybridized carbons (Fsp3) is 0.133. The third kappa shape index (κ3) is 3.98. The van der Waals surface area contributed by atoms with Crippen LogP contribution in [-0.4, -0.2) is 5.78 Å². The Morgan fingerprint density at radius 3 is 2.37 bits per heavy atom. The van der Waals surface area contributed by atoms with Crippen LogP contribution in [0.2, 0.25) is 10.0 Å². The average molecular weight is 295 g/mol. The van der Waals surface area contributed by atoms with E-state index in [9.17, 15) is 4.79 Å². The molecule has 0 atom stereocenters. The molecule has 0 heterocycles. The molecule has 0 fully saturated rings. The van der Waals surface area contributed by atoms with E-state index in [4.69, 9.17) is 27.9 Å². The Morgan fingerprint density at radius 2 is 1.79 bits per heavy atom. The van der Waals surface area contributed by atoms with Crippen molar-refractivity contribution in [3.05, 3.63) is 58.1 Å². The minimum atomic E-state index is 0.0995. The van der Waals surface area contributed by atoms with Gasteiger partial charge < -0.3 is 4.74 Å². The molecule has 0 aromatic heterocycles. The van der Waals surface area contributed by atoms with Crippen LogP contribution in [0.1, 0.15) is 12.5 Å². The molecule has 0 bridgehead atoms. The van der Waals surface area contributed by atoms with E-state index in [1.807, 2.05) is 6.07 Å². The molecule has 0 unspecified atom stereocenters. The molecule has 0 saturated carbocycles. The van der Waals surface area contributed by atoms with Crippen molar-refractivity contribution in [2.75, 3.05) is 0 Å². The summed E-state index contributed by atoms with van der Waals surface area (Å²) < 4.78 is 5.65. The van der Waals surface area contributed by atoms with Crippen LogP contribution in [0.25, 0.3) is 0 Å². The number of benzene rings is 2. The summed E-state index contributed by atoms with van der Waals surface area (Å²) in [4.78, 5) is 11.0. The number of ether oxygens (including phenoxy) is 1. The van der Waals surface area contributed by atoms with Gasteiger partial charge in [0, 0.05) is 11.4 Å². The zero-order chi connectivity index (χ0) is 13.8. The van der Waals surface area contributed by atoms with E-state index < -0.39 is 0 Å². The van der Waals surface area contributed by atoms with E-state index in [2.05, 4.69) is 0 Å². The molecule has 19 heavy (non-hydrogen) atoms. The molecular formula is C15H12Cl2O2. The largest absolute Gasteiger partial charge is 0.456 e. The smallest absolute Gasteiger partial charge is 0.146 e. The summed E-state index contributed by atoms with van der Waals surface area (Å²) in [6.45, 7) is 1.55. The third-order valence-electron chi connectivity index (χ3n) is 2.49. The van der Waals surface area contributed by atoms with Gasteiger partial charge in [-0.05, 0) is 48.9 Å². The summed E-state index contributed by atoms with van der Waals surface area (Å²) in [7, 11) is 0.